The van der Waals surface area contributed by atoms with Crippen LogP contribution in [0.5, 0.6) is 0 Å². The molecule has 0 bridgehead atoms. The molecular formula is C20H33N. The second-order valence-electron chi connectivity index (χ2n) is 8.54. The maximum atomic E-state index is 3.50. The minimum absolute atomic E-state index is 0.303. The van der Waals surface area contributed by atoms with Crippen LogP contribution in [0.4, 0.5) is 0 Å². The minimum atomic E-state index is 0.303. The highest BCUT2D eigenvalue weighted by molar-refractivity contribution is 5.44. The molecule has 1 nitrogen and oxygen atoms in total. The molecule has 21 heavy (non-hydrogen) atoms. The van der Waals surface area contributed by atoms with Gasteiger partial charge < -0.3 is 5.32 Å². The third-order valence-corrected chi connectivity index (χ3v) is 5.33. The Labute approximate surface area is 131 Å². The quantitative estimate of drug-likeness (QED) is 0.788. The highest BCUT2D eigenvalue weighted by Gasteiger charge is 2.37. The van der Waals surface area contributed by atoms with Crippen LogP contribution in [0.2, 0.25) is 0 Å². The van der Waals surface area contributed by atoms with Crippen molar-refractivity contribution in [1.29, 1.82) is 0 Å². The number of nitrogens with one attached hydrogen (secondary N) is 1. The van der Waals surface area contributed by atoms with Crippen molar-refractivity contribution in [1.82, 2.24) is 5.32 Å². The molecule has 0 spiro atoms. The van der Waals surface area contributed by atoms with Gasteiger partial charge >= 0.3 is 0 Å². The summed E-state index contributed by atoms with van der Waals surface area (Å²) in [5, 5.41) is 3.50. The fourth-order valence-electron chi connectivity index (χ4n) is 3.72. The first-order valence-electron chi connectivity index (χ1n) is 8.49. The molecule has 2 rings (SSSR count). The Hall–Kier alpha value is -0.820. The summed E-state index contributed by atoms with van der Waals surface area (Å²) in [6.45, 7) is 14.2. The van der Waals surface area contributed by atoms with Gasteiger partial charge in [-0.25, -0.2) is 0 Å². The van der Waals surface area contributed by atoms with Crippen molar-refractivity contribution < 1.29 is 0 Å². The summed E-state index contributed by atoms with van der Waals surface area (Å²) in [7, 11) is 2.08. The van der Waals surface area contributed by atoms with E-state index in [1.807, 2.05) is 0 Å². The predicted molar refractivity (Wildman–Crippen MR) is 93.0 cm³/mol. The molecule has 118 valence electrons. The van der Waals surface area contributed by atoms with E-state index in [0.717, 1.165) is 0 Å². The van der Waals surface area contributed by atoms with Crippen LogP contribution in [0.25, 0.3) is 0 Å². The lowest BCUT2D eigenvalue weighted by Gasteiger charge is -2.42. The predicted octanol–water partition coefficient (Wildman–Crippen LogP) is 5.34. The second-order valence-corrected chi connectivity index (χ2v) is 8.54. The van der Waals surface area contributed by atoms with Crippen molar-refractivity contribution in [3.05, 3.63) is 34.9 Å². The van der Waals surface area contributed by atoms with Gasteiger partial charge in [0.1, 0.15) is 0 Å². The Kier molecular flexibility index (Phi) is 4.54. The first kappa shape index (κ1) is 16.5. The lowest BCUT2D eigenvalue weighted by molar-refractivity contribution is 0.331. The SMILES string of the molecule is CNC(CC(C)C)c1ccc2c(c1)C(C)(C)CCC2(C)C. The zero-order chi connectivity index (χ0) is 15.8. The third-order valence-electron chi connectivity index (χ3n) is 5.33. The molecule has 1 atom stereocenters. The standard InChI is InChI=1S/C20H33N/c1-14(2)12-18(21-7)15-8-9-16-17(13-15)20(5,6)11-10-19(16,3)4/h8-9,13-14,18,21H,10-12H2,1-7H3. The van der Waals surface area contributed by atoms with Crippen molar-refractivity contribution in [3.63, 3.8) is 0 Å². The Morgan fingerprint density at radius 3 is 2.10 bits per heavy atom. The summed E-state index contributed by atoms with van der Waals surface area (Å²) in [5.41, 5.74) is 5.20. The molecule has 1 aliphatic carbocycles. The Morgan fingerprint density at radius 2 is 1.57 bits per heavy atom. The van der Waals surface area contributed by atoms with Crippen LogP contribution in [0.3, 0.4) is 0 Å². The largest absolute Gasteiger partial charge is 0.313 e. The van der Waals surface area contributed by atoms with E-state index in [-0.39, 0.29) is 0 Å². The van der Waals surface area contributed by atoms with Crippen LogP contribution in [0.15, 0.2) is 18.2 Å². The maximum Gasteiger partial charge on any atom is 0.0320 e. The van der Waals surface area contributed by atoms with E-state index in [9.17, 15) is 0 Å². The van der Waals surface area contributed by atoms with E-state index in [1.54, 1.807) is 11.1 Å². The number of rotatable bonds is 4. The van der Waals surface area contributed by atoms with Gasteiger partial charge in [0.2, 0.25) is 0 Å². The van der Waals surface area contributed by atoms with Crippen molar-refractivity contribution in [2.24, 2.45) is 5.92 Å². The molecular weight excluding hydrogens is 254 g/mol. The molecule has 0 saturated carbocycles. The Balaban J connectivity index is 2.45. The van der Waals surface area contributed by atoms with Gasteiger partial charge in [-0.3, -0.25) is 0 Å². The fraction of sp³-hybridized carbons (Fsp3) is 0.700. The van der Waals surface area contributed by atoms with Crippen LogP contribution >= 0.6 is 0 Å². The van der Waals surface area contributed by atoms with E-state index < -0.39 is 0 Å². The van der Waals surface area contributed by atoms with Crippen LogP contribution in [0.1, 0.15) is 83.5 Å². The average molecular weight is 287 g/mol. The zero-order valence-corrected chi connectivity index (χ0v) is 15.0. The van der Waals surface area contributed by atoms with Gasteiger partial charge in [0.15, 0.2) is 0 Å². The maximum absolute atomic E-state index is 3.50. The summed E-state index contributed by atoms with van der Waals surface area (Å²) in [6, 6.07) is 7.71. The van der Waals surface area contributed by atoms with Crippen LogP contribution < -0.4 is 5.32 Å². The van der Waals surface area contributed by atoms with E-state index in [2.05, 4.69) is 72.1 Å². The highest BCUT2D eigenvalue weighted by Crippen LogP contribution is 2.46. The Bertz CT molecular complexity index is 497. The number of fused-ring (bicyclic) bond motifs is 1. The molecule has 1 unspecified atom stereocenters. The lowest BCUT2D eigenvalue weighted by atomic mass is 9.63. The molecule has 0 heterocycles. The van der Waals surface area contributed by atoms with Gasteiger partial charge in [0.05, 0.1) is 0 Å². The normalized spacial score (nSPS) is 21.1. The molecule has 1 N–H and O–H groups in total. The summed E-state index contributed by atoms with van der Waals surface area (Å²) in [4.78, 5) is 0. The smallest absolute Gasteiger partial charge is 0.0320 e. The molecule has 1 heteroatoms. The summed E-state index contributed by atoms with van der Waals surface area (Å²) >= 11 is 0. The first-order chi connectivity index (χ1) is 9.67. The number of hydrogen-bond acceptors (Lipinski definition) is 1. The van der Waals surface area contributed by atoms with Crippen molar-refractivity contribution in [2.75, 3.05) is 7.05 Å². The van der Waals surface area contributed by atoms with Crippen molar-refractivity contribution >= 4 is 0 Å². The van der Waals surface area contributed by atoms with Gasteiger partial charge in [-0.15, -0.1) is 0 Å². The second kappa shape index (κ2) is 5.76. The monoisotopic (exact) mass is 287 g/mol. The van der Waals surface area contributed by atoms with Crippen LogP contribution in [-0.4, -0.2) is 7.05 Å². The van der Waals surface area contributed by atoms with Gasteiger partial charge in [-0.2, -0.15) is 0 Å². The van der Waals surface area contributed by atoms with E-state index >= 15 is 0 Å². The van der Waals surface area contributed by atoms with Crippen molar-refractivity contribution in [3.8, 4) is 0 Å². The average Bonchev–Trinajstić information content (AvgIpc) is 2.41. The third kappa shape index (κ3) is 3.34. The van der Waals surface area contributed by atoms with Gasteiger partial charge in [0.25, 0.3) is 0 Å². The van der Waals surface area contributed by atoms with E-state index in [0.29, 0.717) is 22.8 Å². The molecule has 0 radical (unpaired) electrons. The minimum Gasteiger partial charge on any atom is -0.313 e. The van der Waals surface area contributed by atoms with E-state index in [1.165, 1.54) is 24.8 Å². The topological polar surface area (TPSA) is 12.0 Å². The first-order valence-corrected chi connectivity index (χ1v) is 8.49. The molecule has 1 aromatic carbocycles. The molecule has 1 aliphatic rings. The van der Waals surface area contributed by atoms with Gasteiger partial charge in [-0.1, -0.05) is 59.7 Å². The Morgan fingerprint density at radius 1 is 1.00 bits per heavy atom. The molecule has 0 aliphatic heterocycles. The molecule has 1 aromatic rings. The molecule has 0 aromatic heterocycles. The van der Waals surface area contributed by atoms with Gasteiger partial charge in [-0.05, 0) is 59.7 Å². The molecule has 0 amide bonds. The summed E-state index contributed by atoms with van der Waals surface area (Å²) < 4.78 is 0. The van der Waals surface area contributed by atoms with Gasteiger partial charge in [0, 0.05) is 6.04 Å². The van der Waals surface area contributed by atoms with Crippen molar-refractivity contribution in [2.45, 2.75) is 77.7 Å². The summed E-state index contributed by atoms with van der Waals surface area (Å²) in [5.74, 6) is 0.711. The number of benzene rings is 1. The molecule has 0 saturated heterocycles. The van der Waals surface area contributed by atoms with Crippen LogP contribution in [-0.2, 0) is 10.8 Å². The van der Waals surface area contributed by atoms with E-state index in [4.69, 9.17) is 0 Å². The highest BCUT2D eigenvalue weighted by atomic mass is 14.9. The zero-order valence-electron chi connectivity index (χ0n) is 15.0. The van der Waals surface area contributed by atoms with Crippen LogP contribution in [0, 0.1) is 5.92 Å². The lowest BCUT2D eigenvalue weighted by Crippen LogP contribution is -2.34. The molecule has 0 fully saturated rings. The number of hydrogen-bond donors (Lipinski definition) is 1. The summed E-state index contributed by atoms with van der Waals surface area (Å²) in [6.07, 6.45) is 3.76. The fourth-order valence-corrected chi connectivity index (χ4v) is 3.72.